The highest BCUT2D eigenvalue weighted by molar-refractivity contribution is 8.00. The van der Waals surface area contributed by atoms with E-state index in [4.69, 9.17) is 11.6 Å². The van der Waals surface area contributed by atoms with Gasteiger partial charge in [-0.2, -0.15) is 26.3 Å². The Hall–Kier alpha value is -0.670. The second kappa shape index (κ2) is 7.06. The third-order valence-corrected chi connectivity index (χ3v) is 3.72. The number of hydrogen-bond donors (Lipinski definition) is 1. The molecule has 1 atom stereocenters. The maximum absolute atomic E-state index is 12.4. The molecule has 0 aliphatic heterocycles. The normalized spacial score (nSPS) is 14.3. The van der Waals surface area contributed by atoms with Gasteiger partial charge in [0.15, 0.2) is 0 Å². The third kappa shape index (κ3) is 6.75. The van der Waals surface area contributed by atoms with Gasteiger partial charge in [0.25, 0.3) is 0 Å². The fourth-order valence-electron chi connectivity index (χ4n) is 1.32. The van der Waals surface area contributed by atoms with Crippen LogP contribution in [0.4, 0.5) is 26.3 Å². The highest BCUT2D eigenvalue weighted by Crippen LogP contribution is 2.34. The van der Waals surface area contributed by atoms with Gasteiger partial charge in [0.05, 0.1) is 17.1 Å². The fourth-order valence-corrected chi connectivity index (χ4v) is 2.48. The summed E-state index contributed by atoms with van der Waals surface area (Å²) in [6.07, 6.45) is -8.21. The molecule has 21 heavy (non-hydrogen) atoms. The highest BCUT2D eigenvalue weighted by atomic mass is 35.5. The molecule has 0 aliphatic carbocycles. The maximum atomic E-state index is 12.4. The Morgan fingerprint density at radius 2 is 1.90 bits per heavy atom. The van der Waals surface area contributed by atoms with E-state index in [-0.39, 0.29) is 21.8 Å². The van der Waals surface area contributed by atoms with E-state index in [1.807, 2.05) is 0 Å². The second-order valence-electron chi connectivity index (χ2n) is 4.18. The van der Waals surface area contributed by atoms with E-state index in [9.17, 15) is 26.3 Å². The summed E-state index contributed by atoms with van der Waals surface area (Å²) in [5, 5.41) is 1.83. The summed E-state index contributed by atoms with van der Waals surface area (Å²) in [4.78, 5) is 3.60. The van der Waals surface area contributed by atoms with E-state index in [0.29, 0.717) is 6.20 Å². The van der Waals surface area contributed by atoms with Crippen molar-refractivity contribution >= 4 is 23.4 Å². The molecule has 1 heterocycles. The molecule has 1 N–H and O–H groups in total. The van der Waals surface area contributed by atoms with Crippen LogP contribution in [0.5, 0.6) is 0 Å². The van der Waals surface area contributed by atoms with Gasteiger partial charge in [-0.15, -0.1) is 11.8 Å². The summed E-state index contributed by atoms with van der Waals surface area (Å²) in [5.74, 6) is 0. The topological polar surface area (TPSA) is 24.9 Å². The molecule has 0 bridgehead atoms. The first-order valence-corrected chi connectivity index (χ1v) is 6.91. The van der Waals surface area contributed by atoms with Crippen molar-refractivity contribution in [1.82, 2.24) is 10.3 Å². The summed E-state index contributed by atoms with van der Waals surface area (Å²) in [5.41, 5.74) is -0.973. The SMILES string of the molecule is CC(CNCC(F)(F)F)Sc1ncc(C(F)(F)F)cc1Cl. The lowest BCUT2D eigenvalue weighted by Crippen LogP contribution is -2.32. The minimum Gasteiger partial charge on any atom is -0.308 e. The molecule has 0 aliphatic rings. The molecule has 2 nitrogen and oxygen atoms in total. The van der Waals surface area contributed by atoms with Crippen molar-refractivity contribution in [3.8, 4) is 0 Å². The van der Waals surface area contributed by atoms with Gasteiger partial charge in [-0.25, -0.2) is 4.98 Å². The minimum absolute atomic E-state index is 0.0171. The van der Waals surface area contributed by atoms with Gasteiger partial charge in [0.2, 0.25) is 0 Å². The largest absolute Gasteiger partial charge is 0.417 e. The van der Waals surface area contributed by atoms with Crippen molar-refractivity contribution in [2.75, 3.05) is 13.1 Å². The van der Waals surface area contributed by atoms with E-state index in [1.54, 1.807) is 6.92 Å². The lowest BCUT2D eigenvalue weighted by Gasteiger charge is -2.14. The Morgan fingerprint density at radius 3 is 2.38 bits per heavy atom. The standard InChI is InChI=1S/C11H11ClF6N2S/c1-6(3-19-5-10(13,14)15)21-9-8(12)2-7(4-20-9)11(16,17)18/h2,4,6,19H,3,5H2,1H3. The van der Waals surface area contributed by atoms with Crippen LogP contribution in [0.1, 0.15) is 12.5 Å². The number of hydrogen-bond acceptors (Lipinski definition) is 3. The van der Waals surface area contributed by atoms with E-state index in [2.05, 4.69) is 10.3 Å². The van der Waals surface area contributed by atoms with Crippen LogP contribution in [0, 0.1) is 0 Å². The fraction of sp³-hybridized carbons (Fsp3) is 0.545. The molecule has 0 radical (unpaired) electrons. The average molecular weight is 353 g/mol. The zero-order valence-electron chi connectivity index (χ0n) is 10.6. The van der Waals surface area contributed by atoms with Crippen LogP contribution < -0.4 is 5.32 Å². The van der Waals surface area contributed by atoms with Crippen molar-refractivity contribution in [2.45, 2.75) is 29.6 Å². The molecule has 1 rings (SSSR count). The number of thioether (sulfide) groups is 1. The number of rotatable bonds is 5. The first-order chi connectivity index (χ1) is 9.49. The Kier molecular flexibility index (Phi) is 6.18. The smallest absolute Gasteiger partial charge is 0.308 e. The van der Waals surface area contributed by atoms with Crippen molar-refractivity contribution in [1.29, 1.82) is 0 Å². The van der Waals surface area contributed by atoms with E-state index in [0.717, 1.165) is 17.8 Å². The Morgan fingerprint density at radius 1 is 1.29 bits per heavy atom. The van der Waals surface area contributed by atoms with Gasteiger partial charge in [0, 0.05) is 18.0 Å². The molecular formula is C11H11ClF6N2S. The third-order valence-electron chi connectivity index (χ3n) is 2.20. The molecule has 120 valence electrons. The van der Waals surface area contributed by atoms with Crippen LogP contribution in [0.25, 0.3) is 0 Å². The van der Waals surface area contributed by atoms with Crippen molar-refractivity contribution in [3.63, 3.8) is 0 Å². The summed E-state index contributed by atoms with van der Waals surface area (Å²) < 4.78 is 73.1. The molecule has 0 aromatic carbocycles. The van der Waals surface area contributed by atoms with Gasteiger partial charge in [0.1, 0.15) is 5.03 Å². The first kappa shape index (κ1) is 18.4. The maximum Gasteiger partial charge on any atom is 0.417 e. The number of nitrogens with zero attached hydrogens (tertiary/aromatic N) is 1. The Labute approximate surface area is 126 Å². The number of nitrogens with one attached hydrogen (secondary N) is 1. The van der Waals surface area contributed by atoms with Gasteiger partial charge in [-0.3, -0.25) is 0 Å². The zero-order valence-corrected chi connectivity index (χ0v) is 12.2. The van der Waals surface area contributed by atoms with Crippen LogP contribution in [0.3, 0.4) is 0 Å². The van der Waals surface area contributed by atoms with Crippen LogP contribution in [-0.2, 0) is 6.18 Å². The predicted molar refractivity (Wildman–Crippen MR) is 68.5 cm³/mol. The quantitative estimate of drug-likeness (QED) is 0.628. The monoisotopic (exact) mass is 352 g/mol. The minimum atomic E-state index is -4.54. The van der Waals surface area contributed by atoms with E-state index >= 15 is 0 Å². The van der Waals surface area contributed by atoms with Gasteiger partial charge in [-0.05, 0) is 6.07 Å². The number of pyridine rings is 1. The van der Waals surface area contributed by atoms with Crippen molar-refractivity contribution in [2.24, 2.45) is 0 Å². The Balaban J connectivity index is 2.59. The van der Waals surface area contributed by atoms with Crippen molar-refractivity contribution < 1.29 is 26.3 Å². The number of halogens is 7. The van der Waals surface area contributed by atoms with Crippen LogP contribution in [-0.4, -0.2) is 29.5 Å². The molecule has 10 heteroatoms. The number of aromatic nitrogens is 1. The summed E-state index contributed by atoms with van der Waals surface area (Å²) in [6.45, 7) is 0.499. The van der Waals surface area contributed by atoms with Gasteiger partial charge >= 0.3 is 12.4 Å². The summed E-state index contributed by atoms with van der Waals surface area (Å²) in [6, 6.07) is 0.743. The Bertz CT molecular complexity index is 477. The zero-order chi connectivity index (χ0) is 16.3. The number of alkyl halides is 6. The van der Waals surface area contributed by atoms with Crippen LogP contribution >= 0.6 is 23.4 Å². The van der Waals surface area contributed by atoms with Gasteiger partial charge in [-0.1, -0.05) is 18.5 Å². The average Bonchev–Trinajstić information content (AvgIpc) is 2.28. The van der Waals surface area contributed by atoms with E-state index in [1.165, 1.54) is 0 Å². The van der Waals surface area contributed by atoms with Crippen LogP contribution in [0.2, 0.25) is 5.02 Å². The molecule has 0 saturated heterocycles. The van der Waals surface area contributed by atoms with Crippen molar-refractivity contribution in [3.05, 3.63) is 22.8 Å². The van der Waals surface area contributed by atoms with Gasteiger partial charge < -0.3 is 5.32 Å². The molecule has 1 unspecified atom stereocenters. The first-order valence-electron chi connectivity index (χ1n) is 5.66. The molecule has 0 amide bonds. The molecule has 1 aromatic rings. The second-order valence-corrected chi connectivity index (χ2v) is 6.02. The predicted octanol–water partition coefficient (Wildman–Crippen LogP) is 4.39. The lowest BCUT2D eigenvalue weighted by atomic mass is 10.3. The highest BCUT2D eigenvalue weighted by Gasteiger charge is 2.31. The molecule has 0 saturated carbocycles. The van der Waals surface area contributed by atoms with Crippen LogP contribution in [0.15, 0.2) is 17.3 Å². The summed E-state index contributed by atoms with van der Waals surface area (Å²) >= 11 is 6.70. The molecule has 1 aromatic heterocycles. The molecule has 0 spiro atoms. The van der Waals surface area contributed by atoms with E-state index < -0.39 is 24.5 Å². The lowest BCUT2D eigenvalue weighted by molar-refractivity contribution is -0.137. The molecular weight excluding hydrogens is 342 g/mol. The molecule has 0 fully saturated rings. The summed E-state index contributed by atoms with van der Waals surface area (Å²) in [7, 11) is 0.